The van der Waals surface area contributed by atoms with Crippen LogP contribution in [0.1, 0.15) is 24.6 Å². The molecule has 5 nitrogen and oxygen atoms in total. The number of anilines is 2. The highest BCUT2D eigenvalue weighted by molar-refractivity contribution is 5.59. The predicted octanol–water partition coefficient (Wildman–Crippen LogP) is 2.74. The monoisotopic (exact) mass is 274 g/mol. The highest BCUT2D eigenvalue weighted by Crippen LogP contribution is 2.22. The number of rotatable bonds is 7. The van der Waals surface area contributed by atoms with Gasteiger partial charge in [0.05, 0.1) is 12.8 Å². The molecular weight excluding hydrogens is 252 g/mol. The Morgan fingerprint density at radius 1 is 1.35 bits per heavy atom. The minimum Gasteiger partial charge on any atom is -0.494 e. The third kappa shape index (κ3) is 3.91. The molecule has 1 heterocycles. The van der Waals surface area contributed by atoms with Gasteiger partial charge in [0, 0.05) is 35.7 Å². The molecule has 2 aromatic rings. The SMILES string of the molecule is CCOc1cc(N)cc(NCCCc2cn[nH]c2C)c1. The van der Waals surface area contributed by atoms with Crippen molar-refractivity contribution < 1.29 is 4.74 Å². The Morgan fingerprint density at radius 2 is 2.20 bits per heavy atom. The van der Waals surface area contributed by atoms with Gasteiger partial charge in [-0.25, -0.2) is 0 Å². The van der Waals surface area contributed by atoms with E-state index in [1.54, 1.807) is 0 Å². The molecule has 1 aromatic carbocycles. The summed E-state index contributed by atoms with van der Waals surface area (Å²) in [6.07, 6.45) is 3.94. The quantitative estimate of drug-likeness (QED) is 0.536. The van der Waals surface area contributed by atoms with Crippen LogP contribution < -0.4 is 15.8 Å². The second kappa shape index (κ2) is 6.84. The summed E-state index contributed by atoms with van der Waals surface area (Å²) < 4.78 is 5.48. The molecule has 108 valence electrons. The molecule has 0 atom stereocenters. The van der Waals surface area contributed by atoms with Crippen LogP contribution in [-0.2, 0) is 6.42 Å². The van der Waals surface area contributed by atoms with Crippen LogP contribution >= 0.6 is 0 Å². The third-order valence-electron chi connectivity index (χ3n) is 3.13. The van der Waals surface area contributed by atoms with E-state index in [0.717, 1.165) is 36.5 Å². The largest absolute Gasteiger partial charge is 0.494 e. The Kier molecular flexibility index (Phi) is 4.87. The zero-order valence-corrected chi connectivity index (χ0v) is 12.1. The Morgan fingerprint density at radius 3 is 2.90 bits per heavy atom. The van der Waals surface area contributed by atoms with Crippen molar-refractivity contribution >= 4 is 11.4 Å². The number of aromatic amines is 1. The van der Waals surface area contributed by atoms with E-state index in [0.29, 0.717) is 12.3 Å². The minimum atomic E-state index is 0.642. The average molecular weight is 274 g/mol. The highest BCUT2D eigenvalue weighted by atomic mass is 16.5. The van der Waals surface area contributed by atoms with Crippen molar-refractivity contribution in [1.29, 1.82) is 0 Å². The zero-order chi connectivity index (χ0) is 14.4. The van der Waals surface area contributed by atoms with Gasteiger partial charge in [-0.15, -0.1) is 0 Å². The van der Waals surface area contributed by atoms with Gasteiger partial charge in [-0.3, -0.25) is 5.10 Å². The van der Waals surface area contributed by atoms with Gasteiger partial charge in [0.25, 0.3) is 0 Å². The summed E-state index contributed by atoms with van der Waals surface area (Å²) in [6, 6.07) is 5.73. The molecular formula is C15H22N4O. The van der Waals surface area contributed by atoms with Crippen LogP contribution in [0, 0.1) is 6.92 Å². The molecule has 0 amide bonds. The average Bonchev–Trinajstić information content (AvgIpc) is 2.80. The highest BCUT2D eigenvalue weighted by Gasteiger charge is 2.01. The van der Waals surface area contributed by atoms with Gasteiger partial charge in [0.2, 0.25) is 0 Å². The van der Waals surface area contributed by atoms with Crippen LogP contribution in [-0.4, -0.2) is 23.3 Å². The number of ether oxygens (including phenoxy) is 1. The summed E-state index contributed by atoms with van der Waals surface area (Å²) in [7, 11) is 0. The van der Waals surface area contributed by atoms with E-state index < -0.39 is 0 Å². The number of nitrogen functional groups attached to an aromatic ring is 1. The lowest BCUT2D eigenvalue weighted by molar-refractivity contribution is 0.340. The first-order chi connectivity index (χ1) is 9.69. The van der Waals surface area contributed by atoms with Crippen LogP contribution in [0.2, 0.25) is 0 Å². The Bertz CT molecular complexity index is 551. The lowest BCUT2D eigenvalue weighted by atomic mass is 10.1. The molecule has 0 aliphatic carbocycles. The molecule has 1 aromatic heterocycles. The number of aromatic nitrogens is 2. The molecule has 0 spiro atoms. The van der Waals surface area contributed by atoms with Crippen LogP contribution in [0.5, 0.6) is 5.75 Å². The first-order valence-electron chi connectivity index (χ1n) is 6.95. The molecule has 0 aliphatic heterocycles. The Labute approximate surface area is 119 Å². The Balaban J connectivity index is 1.83. The molecule has 0 fully saturated rings. The van der Waals surface area contributed by atoms with E-state index in [1.165, 1.54) is 5.56 Å². The maximum Gasteiger partial charge on any atom is 0.123 e. The molecule has 0 unspecified atom stereocenters. The van der Waals surface area contributed by atoms with Crippen molar-refractivity contribution in [3.8, 4) is 5.75 Å². The summed E-state index contributed by atoms with van der Waals surface area (Å²) >= 11 is 0. The lowest BCUT2D eigenvalue weighted by Gasteiger charge is -2.10. The first kappa shape index (κ1) is 14.2. The molecule has 20 heavy (non-hydrogen) atoms. The van der Waals surface area contributed by atoms with Crippen molar-refractivity contribution in [1.82, 2.24) is 10.2 Å². The molecule has 0 radical (unpaired) electrons. The molecule has 0 aliphatic rings. The van der Waals surface area contributed by atoms with E-state index in [1.807, 2.05) is 38.2 Å². The van der Waals surface area contributed by atoms with Crippen molar-refractivity contribution in [2.75, 3.05) is 24.2 Å². The normalized spacial score (nSPS) is 10.5. The summed E-state index contributed by atoms with van der Waals surface area (Å²) in [5.74, 6) is 0.806. The summed E-state index contributed by atoms with van der Waals surface area (Å²) in [6.45, 7) is 5.54. The molecule has 4 N–H and O–H groups in total. The van der Waals surface area contributed by atoms with E-state index in [9.17, 15) is 0 Å². The van der Waals surface area contributed by atoms with Gasteiger partial charge in [-0.2, -0.15) is 5.10 Å². The smallest absolute Gasteiger partial charge is 0.123 e. The predicted molar refractivity (Wildman–Crippen MR) is 82.2 cm³/mol. The van der Waals surface area contributed by atoms with Crippen molar-refractivity contribution in [2.24, 2.45) is 0 Å². The zero-order valence-electron chi connectivity index (χ0n) is 12.1. The van der Waals surface area contributed by atoms with E-state index >= 15 is 0 Å². The standard InChI is InChI=1S/C15H22N4O/c1-3-20-15-8-13(16)7-14(9-15)17-6-4-5-12-10-18-19-11(12)2/h7-10,17H,3-6,16H2,1-2H3,(H,18,19). The van der Waals surface area contributed by atoms with Gasteiger partial charge in [0.15, 0.2) is 0 Å². The lowest BCUT2D eigenvalue weighted by Crippen LogP contribution is -2.04. The molecule has 0 bridgehead atoms. The summed E-state index contributed by atoms with van der Waals surface area (Å²) in [4.78, 5) is 0. The number of aryl methyl sites for hydroxylation is 2. The van der Waals surface area contributed by atoms with E-state index in [-0.39, 0.29) is 0 Å². The minimum absolute atomic E-state index is 0.642. The Hall–Kier alpha value is -2.17. The fraction of sp³-hybridized carbons (Fsp3) is 0.400. The van der Waals surface area contributed by atoms with Crippen LogP contribution in [0.25, 0.3) is 0 Å². The van der Waals surface area contributed by atoms with Gasteiger partial charge in [-0.1, -0.05) is 0 Å². The number of hydrogen-bond acceptors (Lipinski definition) is 4. The van der Waals surface area contributed by atoms with Crippen molar-refractivity contribution in [3.63, 3.8) is 0 Å². The van der Waals surface area contributed by atoms with E-state index in [2.05, 4.69) is 15.5 Å². The number of nitrogens with one attached hydrogen (secondary N) is 2. The topological polar surface area (TPSA) is 76.0 Å². The van der Waals surface area contributed by atoms with Crippen LogP contribution in [0.3, 0.4) is 0 Å². The molecule has 0 saturated heterocycles. The van der Waals surface area contributed by atoms with Crippen molar-refractivity contribution in [2.45, 2.75) is 26.7 Å². The van der Waals surface area contributed by atoms with Gasteiger partial charge < -0.3 is 15.8 Å². The number of hydrogen-bond donors (Lipinski definition) is 3. The van der Waals surface area contributed by atoms with Crippen LogP contribution in [0.4, 0.5) is 11.4 Å². The maximum atomic E-state index is 5.86. The second-order valence-electron chi connectivity index (χ2n) is 4.77. The third-order valence-corrected chi connectivity index (χ3v) is 3.13. The van der Waals surface area contributed by atoms with Gasteiger partial charge >= 0.3 is 0 Å². The summed E-state index contributed by atoms with van der Waals surface area (Å²) in [5, 5.41) is 10.4. The van der Waals surface area contributed by atoms with Crippen LogP contribution in [0.15, 0.2) is 24.4 Å². The summed E-state index contributed by atoms with van der Waals surface area (Å²) in [5.41, 5.74) is 9.99. The number of nitrogens with zero attached hydrogens (tertiary/aromatic N) is 1. The number of H-pyrrole nitrogens is 1. The van der Waals surface area contributed by atoms with E-state index in [4.69, 9.17) is 10.5 Å². The maximum absolute atomic E-state index is 5.86. The first-order valence-corrected chi connectivity index (χ1v) is 6.95. The fourth-order valence-corrected chi connectivity index (χ4v) is 2.11. The number of benzene rings is 1. The number of nitrogens with two attached hydrogens (primary N) is 1. The molecule has 0 saturated carbocycles. The van der Waals surface area contributed by atoms with Gasteiger partial charge in [0.1, 0.15) is 5.75 Å². The van der Waals surface area contributed by atoms with Gasteiger partial charge in [-0.05, 0) is 38.3 Å². The van der Waals surface area contributed by atoms with Crippen molar-refractivity contribution in [3.05, 3.63) is 35.7 Å². The second-order valence-corrected chi connectivity index (χ2v) is 4.77. The molecule has 5 heteroatoms. The molecule has 2 rings (SSSR count). The fourth-order valence-electron chi connectivity index (χ4n) is 2.11.